The molecule has 0 saturated heterocycles. The normalized spacial score (nSPS) is 11.5. The molecule has 1 atom stereocenters. The van der Waals surface area contributed by atoms with E-state index in [0.29, 0.717) is 10.2 Å². The number of carboxylic acids is 1. The van der Waals surface area contributed by atoms with Crippen LogP contribution in [0.25, 0.3) is 0 Å². The van der Waals surface area contributed by atoms with Crippen LogP contribution in [0.15, 0.2) is 22.7 Å². The van der Waals surface area contributed by atoms with E-state index in [4.69, 9.17) is 15.1 Å². The lowest BCUT2D eigenvalue weighted by atomic mass is 10.2. The molecule has 0 spiro atoms. The molecule has 15 heavy (non-hydrogen) atoms. The molecular formula is C10H8BrNO3. The van der Waals surface area contributed by atoms with Crippen LogP contribution < -0.4 is 4.74 Å². The van der Waals surface area contributed by atoms with Gasteiger partial charge in [-0.25, -0.2) is 4.79 Å². The fourth-order valence-corrected chi connectivity index (χ4v) is 1.42. The van der Waals surface area contributed by atoms with Gasteiger partial charge in [-0.15, -0.1) is 0 Å². The minimum Gasteiger partial charge on any atom is -0.478 e. The van der Waals surface area contributed by atoms with Gasteiger partial charge >= 0.3 is 5.97 Å². The lowest BCUT2D eigenvalue weighted by Gasteiger charge is -2.09. The topological polar surface area (TPSA) is 70.3 Å². The van der Waals surface area contributed by atoms with Crippen molar-refractivity contribution in [2.45, 2.75) is 13.0 Å². The summed E-state index contributed by atoms with van der Waals surface area (Å²) in [6.45, 7) is 1.61. The Labute approximate surface area is 95.2 Å². The lowest BCUT2D eigenvalue weighted by molar-refractivity contribution is 0.0697. The Morgan fingerprint density at radius 2 is 2.33 bits per heavy atom. The van der Waals surface area contributed by atoms with E-state index in [1.165, 1.54) is 18.2 Å². The van der Waals surface area contributed by atoms with Crippen molar-refractivity contribution in [3.63, 3.8) is 0 Å². The summed E-state index contributed by atoms with van der Waals surface area (Å²) in [5.74, 6) is -0.551. The number of hydrogen-bond donors (Lipinski definition) is 1. The molecule has 78 valence electrons. The largest absolute Gasteiger partial charge is 0.478 e. The molecule has 1 N–H and O–H groups in total. The van der Waals surface area contributed by atoms with E-state index in [-0.39, 0.29) is 5.56 Å². The maximum absolute atomic E-state index is 10.6. The van der Waals surface area contributed by atoms with Crippen molar-refractivity contribution in [2.24, 2.45) is 0 Å². The first kappa shape index (κ1) is 11.5. The maximum Gasteiger partial charge on any atom is 0.335 e. The van der Waals surface area contributed by atoms with Crippen molar-refractivity contribution >= 4 is 21.9 Å². The zero-order chi connectivity index (χ0) is 11.4. The van der Waals surface area contributed by atoms with Gasteiger partial charge in [0.05, 0.1) is 10.0 Å². The smallest absolute Gasteiger partial charge is 0.335 e. The lowest BCUT2D eigenvalue weighted by Crippen LogP contribution is -2.08. The summed E-state index contributed by atoms with van der Waals surface area (Å²) in [4.78, 5) is 10.6. The molecule has 1 unspecified atom stereocenters. The van der Waals surface area contributed by atoms with E-state index in [0.717, 1.165) is 0 Å². The van der Waals surface area contributed by atoms with Crippen molar-refractivity contribution < 1.29 is 14.6 Å². The minimum atomic E-state index is -1.00. The van der Waals surface area contributed by atoms with Crippen molar-refractivity contribution in [1.82, 2.24) is 0 Å². The highest BCUT2D eigenvalue weighted by Crippen LogP contribution is 2.26. The second-order valence-electron chi connectivity index (χ2n) is 2.84. The predicted octanol–water partition coefficient (Wildman–Crippen LogP) is 2.44. The molecule has 0 amide bonds. The molecule has 0 bridgehead atoms. The van der Waals surface area contributed by atoms with E-state index in [1.54, 1.807) is 6.92 Å². The molecule has 0 aliphatic heterocycles. The number of aromatic carboxylic acids is 1. The summed E-state index contributed by atoms with van der Waals surface area (Å²) < 4.78 is 5.75. The predicted molar refractivity (Wildman–Crippen MR) is 56.8 cm³/mol. The minimum absolute atomic E-state index is 0.166. The Morgan fingerprint density at radius 3 is 2.80 bits per heavy atom. The first-order valence-electron chi connectivity index (χ1n) is 4.13. The van der Waals surface area contributed by atoms with Crippen LogP contribution in [0.3, 0.4) is 0 Å². The van der Waals surface area contributed by atoms with Crippen LogP contribution in [0.5, 0.6) is 5.75 Å². The summed E-state index contributed by atoms with van der Waals surface area (Å²) >= 11 is 3.18. The van der Waals surface area contributed by atoms with Crippen molar-refractivity contribution in [1.29, 1.82) is 5.26 Å². The average Bonchev–Trinajstić information content (AvgIpc) is 2.20. The summed E-state index contributed by atoms with van der Waals surface area (Å²) in [5, 5.41) is 17.3. The van der Waals surface area contributed by atoms with Gasteiger partial charge in [0, 0.05) is 0 Å². The molecule has 1 aromatic carbocycles. The second-order valence-corrected chi connectivity index (χ2v) is 3.69. The molecule has 1 rings (SSSR count). The molecule has 4 nitrogen and oxygen atoms in total. The number of rotatable bonds is 3. The average molecular weight is 270 g/mol. The zero-order valence-corrected chi connectivity index (χ0v) is 9.48. The van der Waals surface area contributed by atoms with Crippen molar-refractivity contribution in [3.05, 3.63) is 28.2 Å². The molecule has 1 aromatic rings. The van der Waals surface area contributed by atoms with Gasteiger partial charge in [-0.1, -0.05) is 0 Å². The summed E-state index contributed by atoms with van der Waals surface area (Å²) in [6, 6.07) is 6.29. The number of carbonyl (C=O) groups is 1. The molecule has 0 aliphatic carbocycles. The van der Waals surface area contributed by atoms with Gasteiger partial charge in [-0.3, -0.25) is 0 Å². The van der Waals surface area contributed by atoms with Gasteiger partial charge in [-0.05, 0) is 41.1 Å². The number of nitriles is 1. The fourth-order valence-electron chi connectivity index (χ4n) is 0.946. The van der Waals surface area contributed by atoms with Crippen LogP contribution in [0.4, 0.5) is 0 Å². The van der Waals surface area contributed by atoms with Crippen LogP contribution in [0.1, 0.15) is 17.3 Å². The van der Waals surface area contributed by atoms with Gasteiger partial charge in [0.2, 0.25) is 0 Å². The van der Waals surface area contributed by atoms with Crippen LogP contribution in [-0.4, -0.2) is 17.2 Å². The third kappa shape index (κ3) is 2.96. The SMILES string of the molecule is CC(C#N)Oc1ccc(C(=O)O)cc1Br. The summed E-state index contributed by atoms with van der Waals surface area (Å²) in [5.41, 5.74) is 0.166. The molecule has 5 heteroatoms. The molecule has 0 radical (unpaired) electrons. The van der Waals surface area contributed by atoms with Gasteiger partial charge in [0.25, 0.3) is 0 Å². The summed E-state index contributed by atoms with van der Waals surface area (Å²) in [6.07, 6.45) is -0.572. The quantitative estimate of drug-likeness (QED) is 0.915. The standard InChI is InChI=1S/C10H8BrNO3/c1-6(5-12)15-9-3-2-7(10(13)14)4-8(9)11/h2-4,6H,1H3,(H,13,14). The third-order valence-electron chi connectivity index (χ3n) is 1.66. The monoisotopic (exact) mass is 269 g/mol. The number of hydrogen-bond acceptors (Lipinski definition) is 3. The van der Waals surface area contributed by atoms with Gasteiger partial charge < -0.3 is 9.84 Å². The van der Waals surface area contributed by atoms with Gasteiger partial charge in [0.1, 0.15) is 11.8 Å². The maximum atomic E-state index is 10.6. The number of benzene rings is 1. The molecule has 0 heterocycles. The van der Waals surface area contributed by atoms with Gasteiger partial charge in [0.15, 0.2) is 6.10 Å². The number of ether oxygens (including phenoxy) is 1. The van der Waals surface area contributed by atoms with E-state index < -0.39 is 12.1 Å². The first-order valence-corrected chi connectivity index (χ1v) is 4.93. The van der Waals surface area contributed by atoms with E-state index in [2.05, 4.69) is 15.9 Å². The zero-order valence-electron chi connectivity index (χ0n) is 7.90. The molecule has 0 aliphatic rings. The summed E-state index contributed by atoms with van der Waals surface area (Å²) in [7, 11) is 0. The van der Waals surface area contributed by atoms with Crippen molar-refractivity contribution in [3.8, 4) is 11.8 Å². The highest BCUT2D eigenvalue weighted by Gasteiger charge is 2.09. The van der Waals surface area contributed by atoms with Crippen LogP contribution in [0, 0.1) is 11.3 Å². The Balaban J connectivity index is 2.94. The Hall–Kier alpha value is -1.54. The number of halogens is 1. The molecule has 0 saturated carbocycles. The third-order valence-corrected chi connectivity index (χ3v) is 2.28. The number of carboxylic acid groups (broad SMARTS) is 1. The molecular weight excluding hydrogens is 262 g/mol. The highest BCUT2D eigenvalue weighted by atomic mass is 79.9. The van der Waals surface area contributed by atoms with E-state index >= 15 is 0 Å². The Morgan fingerprint density at radius 1 is 1.67 bits per heavy atom. The van der Waals surface area contributed by atoms with Crippen LogP contribution in [0.2, 0.25) is 0 Å². The number of nitrogens with zero attached hydrogens (tertiary/aromatic N) is 1. The van der Waals surface area contributed by atoms with Crippen LogP contribution in [-0.2, 0) is 0 Å². The second kappa shape index (κ2) is 4.80. The van der Waals surface area contributed by atoms with Crippen LogP contribution >= 0.6 is 15.9 Å². The Bertz CT molecular complexity index is 425. The Kier molecular flexibility index (Phi) is 3.69. The molecule has 0 fully saturated rings. The first-order chi connectivity index (χ1) is 7.04. The molecule has 0 aromatic heterocycles. The fraction of sp³-hybridized carbons (Fsp3) is 0.200. The highest BCUT2D eigenvalue weighted by molar-refractivity contribution is 9.10. The van der Waals surface area contributed by atoms with E-state index in [9.17, 15) is 4.79 Å². The van der Waals surface area contributed by atoms with E-state index in [1.807, 2.05) is 6.07 Å². The van der Waals surface area contributed by atoms with Gasteiger partial charge in [-0.2, -0.15) is 5.26 Å². The van der Waals surface area contributed by atoms with Crippen molar-refractivity contribution in [2.75, 3.05) is 0 Å².